The zero-order chi connectivity index (χ0) is 23.9. The average Bonchev–Trinajstić information content (AvgIpc) is 3.20. The molecule has 0 spiro atoms. The van der Waals surface area contributed by atoms with Crippen LogP contribution in [0.25, 0.3) is 16.6 Å². The van der Waals surface area contributed by atoms with Gasteiger partial charge in [0.05, 0.1) is 12.1 Å². The van der Waals surface area contributed by atoms with Crippen LogP contribution in [0, 0.1) is 0 Å². The first-order valence-corrected chi connectivity index (χ1v) is 11.4. The summed E-state index contributed by atoms with van der Waals surface area (Å²) >= 11 is 0. The van der Waals surface area contributed by atoms with E-state index in [0.29, 0.717) is 19.4 Å². The third kappa shape index (κ3) is 5.81. The van der Waals surface area contributed by atoms with E-state index in [9.17, 15) is 13.6 Å². The summed E-state index contributed by atoms with van der Waals surface area (Å²) in [6, 6.07) is 23.2. The summed E-state index contributed by atoms with van der Waals surface area (Å²) in [6.07, 6.45) is 4.80. The van der Waals surface area contributed by atoms with Crippen molar-refractivity contribution in [2.45, 2.75) is 39.2 Å². The first-order chi connectivity index (χ1) is 16.5. The number of halogens is 2. The van der Waals surface area contributed by atoms with Gasteiger partial charge in [0.1, 0.15) is 5.75 Å². The maximum atomic E-state index is 12.5. The van der Waals surface area contributed by atoms with Gasteiger partial charge in [-0.15, -0.1) is 0 Å². The van der Waals surface area contributed by atoms with Crippen molar-refractivity contribution in [3.63, 3.8) is 0 Å². The molecule has 0 N–H and O–H groups in total. The Morgan fingerprint density at radius 2 is 1.68 bits per heavy atom. The number of carbonyl (C=O) groups excluding carboxylic acids is 1. The Balaban J connectivity index is 1.65. The summed E-state index contributed by atoms with van der Waals surface area (Å²) < 4.78 is 36.6. The Morgan fingerprint density at radius 1 is 0.912 bits per heavy atom. The van der Waals surface area contributed by atoms with Gasteiger partial charge in [-0.2, -0.15) is 8.78 Å². The predicted molar refractivity (Wildman–Crippen MR) is 129 cm³/mol. The molecule has 0 unspecified atom stereocenters. The third-order valence-electron chi connectivity index (χ3n) is 5.74. The van der Waals surface area contributed by atoms with Gasteiger partial charge in [-0.25, -0.2) is 0 Å². The normalized spacial score (nSPS) is 11.2. The minimum Gasteiger partial charge on any atom is -0.466 e. The summed E-state index contributed by atoms with van der Waals surface area (Å²) in [4.78, 5) is 11.8. The fraction of sp³-hybridized carbons (Fsp3) is 0.250. The maximum absolute atomic E-state index is 12.5. The standard InChI is InChI=1S/C28H27F2NO3/c1-2-33-27(32)17-10-21-9-16-26-25(18-21)22(11-8-20-6-4-3-5-7-20)19-31(26)23-12-14-24(15-13-23)34-28(29)30/h3-7,9,12-16,18-19,28H,2,8,10-11,17H2,1H3. The summed E-state index contributed by atoms with van der Waals surface area (Å²) in [5.74, 6) is -0.0728. The number of benzene rings is 3. The largest absolute Gasteiger partial charge is 0.466 e. The van der Waals surface area contributed by atoms with E-state index in [0.717, 1.165) is 35.0 Å². The Kier molecular flexibility index (Phi) is 7.58. The van der Waals surface area contributed by atoms with E-state index in [1.54, 1.807) is 31.2 Å². The molecule has 0 radical (unpaired) electrons. The lowest BCUT2D eigenvalue weighted by atomic mass is 10.0. The van der Waals surface area contributed by atoms with E-state index in [1.807, 2.05) is 30.3 Å². The molecule has 4 rings (SSSR count). The van der Waals surface area contributed by atoms with Crippen molar-refractivity contribution in [3.05, 3.63) is 95.7 Å². The molecule has 34 heavy (non-hydrogen) atoms. The van der Waals surface area contributed by atoms with Gasteiger partial charge in [-0.3, -0.25) is 4.79 Å². The monoisotopic (exact) mass is 463 g/mol. The lowest BCUT2D eigenvalue weighted by Crippen LogP contribution is -2.05. The van der Waals surface area contributed by atoms with Crippen LogP contribution >= 0.6 is 0 Å². The Bertz CT molecular complexity index is 1230. The number of alkyl halides is 2. The van der Waals surface area contributed by atoms with E-state index in [1.165, 1.54) is 11.1 Å². The topological polar surface area (TPSA) is 40.5 Å². The molecule has 6 heteroatoms. The minimum atomic E-state index is -2.85. The molecule has 0 aliphatic heterocycles. The van der Waals surface area contributed by atoms with Crippen LogP contribution in [0.5, 0.6) is 5.75 Å². The van der Waals surface area contributed by atoms with Crippen molar-refractivity contribution in [3.8, 4) is 11.4 Å². The second kappa shape index (κ2) is 11.0. The first kappa shape index (κ1) is 23.5. The van der Waals surface area contributed by atoms with E-state index in [2.05, 4.69) is 33.7 Å². The number of hydrogen-bond donors (Lipinski definition) is 0. The molecule has 0 amide bonds. The van der Waals surface area contributed by atoms with Crippen LogP contribution in [-0.2, 0) is 28.8 Å². The lowest BCUT2D eigenvalue weighted by Gasteiger charge is -2.09. The molecule has 0 atom stereocenters. The van der Waals surface area contributed by atoms with Crippen LogP contribution in [0.2, 0.25) is 0 Å². The molecule has 176 valence electrons. The van der Waals surface area contributed by atoms with E-state index >= 15 is 0 Å². The Hall–Kier alpha value is -3.67. The Morgan fingerprint density at radius 3 is 2.38 bits per heavy atom. The van der Waals surface area contributed by atoms with Gasteiger partial charge in [0.15, 0.2) is 0 Å². The van der Waals surface area contributed by atoms with Crippen molar-refractivity contribution >= 4 is 16.9 Å². The summed E-state index contributed by atoms with van der Waals surface area (Å²) in [5, 5.41) is 1.12. The molecule has 0 aliphatic carbocycles. The number of esters is 1. The van der Waals surface area contributed by atoms with E-state index < -0.39 is 6.61 Å². The number of rotatable bonds is 10. The molecular formula is C28H27F2NO3. The van der Waals surface area contributed by atoms with Gasteiger partial charge in [0.2, 0.25) is 0 Å². The van der Waals surface area contributed by atoms with Crippen molar-refractivity contribution in [2.24, 2.45) is 0 Å². The van der Waals surface area contributed by atoms with Gasteiger partial charge >= 0.3 is 12.6 Å². The maximum Gasteiger partial charge on any atom is 0.387 e. The van der Waals surface area contributed by atoms with Crippen LogP contribution in [0.1, 0.15) is 30.0 Å². The molecule has 4 nitrogen and oxygen atoms in total. The predicted octanol–water partition coefficient (Wildman–Crippen LogP) is 6.51. The first-order valence-electron chi connectivity index (χ1n) is 11.4. The molecule has 3 aromatic carbocycles. The van der Waals surface area contributed by atoms with Crippen LogP contribution in [0.15, 0.2) is 79.0 Å². The lowest BCUT2D eigenvalue weighted by molar-refractivity contribution is -0.143. The zero-order valence-electron chi connectivity index (χ0n) is 19.0. The van der Waals surface area contributed by atoms with Gasteiger partial charge in [0.25, 0.3) is 0 Å². The molecule has 0 saturated carbocycles. The number of aromatic nitrogens is 1. The summed E-state index contributed by atoms with van der Waals surface area (Å²) in [5.41, 5.74) is 5.39. The van der Waals surface area contributed by atoms with Crippen molar-refractivity contribution in [1.82, 2.24) is 4.57 Å². The molecule has 0 bridgehead atoms. The number of fused-ring (bicyclic) bond motifs is 1. The van der Waals surface area contributed by atoms with Crippen LogP contribution in [-0.4, -0.2) is 23.8 Å². The van der Waals surface area contributed by atoms with Gasteiger partial charge in [-0.1, -0.05) is 36.4 Å². The van der Waals surface area contributed by atoms with Crippen LogP contribution in [0.3, 0.4) is 0 Å². The van der Waals surface area contributed by atoms with Crippen LogP contribution in [0.4, 0.5) is 8.78 Å². The van der Waals surface area contributed by atoms with Crippen LogP contribution < -0.4 is 4.74 Å². The Labute approximate surface area is 197 Å². The fourth-order valence-electron chi connectivity index (χ4n) is 4.11. The number of hydrogen-bond acceptors (Lipinski definition) is 3. The average molecular weight is 464 g/mol. The van der Waals surface area contributed by atoms with Crippen molar-refractivity contribution < 1.29 is 23.0 Å². The molecule has 0 aliphatic rings. The quantitative estimate of drug-likeness (QED) is 0.252. The summed E-state index contributed by atoms with van der Waals surface area (Å²) in [7, 11) is 0. The highest BCUT2D eigenvalue weighted by Crippen LogP contribution is 2.29. The highest BCUT2D eigenvalue weighted by atomic mass is 19.3. The molecule has 0 saturated heterocycles. The second-order valence-electron chi connectivity index (χ2n) is 8.04. The highest BCUT2D eigenvalue weighted by Gasteiger charge is 2.13. The minimum absolute atomic E-state index is 0.126. The van der Waals surface area contributed by atoms with E-state index in [4.69, 9.17) is 4.74 Å². The van der Waals surface area contributed by atoms with Crippen molar-refractivity contribution in [1.29, 1.82) is 0 Å². The SMILES string of the molecule is CCOC(=O)CCc1ccc2c(c1)c(CCc1ccccc1)cn2-c1ccc(OC(F)F)cc1. The second-order valence-corrected chi connectivity index (χ2v) is 8.04. The fourth-order valence-corrected chi connectivity index (χ4v) is 4.11. The molecule has 4 aromatic rings. The third-order valence-corrected chi connectivity index (χ3v) is 5.74. The van der Waals surface area contributed by atoms with Crippen molar-refractivity contribution in [2.75, 3.05) is 6.61 Å². The number of ether oxygens (including phenoxy) is 2. The van der Waals surface area contributed by atoms with Gasteiger partial charge < -0.3 is 14.0 Å². The zero-order valence-corrected chi connectivity index (χ0v) is 19.0. The molecule has 0 fully saturated rings. The molecule has 1 heterocycles. The smallest absolute Gasteiger partial charge is 0.387 e. The van der Waals surface area contributed by atoms with Gasteiger partial charge in [0, 0.05) is 23.7 Å². The highest BCUT2D eigenvalue weighted by molar-refractivity contribution is 5.86. The molecular weight excluding hydrogens is 436 g/mol. The molecule has 1 aromatic heterocycles. The number of nitrogens with zero attached hydrogens (tertiary/aromatic N) is 1. The number of aryl methyl sites for hydroxylation is 3. The van der Waals surface area contributed by atoms with Gasteiger partial charge in [-0.05, 0) is 79.3 Å². The van der Waals surface area contributed by atoms with E-state index in [-0.39, 0.29) is 11.7 Å². The summed E-state index contributed by atoms with van der Waals surface area (Å²) in [6.45, 7) is -0.667. The number of carbonyl (C=O) groups is 1.